The summed E-state index contributed by atoms with van der Waals surface area (Å²) in [6.45, 7) is 6.74. The van der Waals surface area contributed by atoms with Crippen LogP contribution in [0.4, 0.5) is 9.18 Å². The van der Waals surface area contributed by atoms with Crippen LogP contribution in [0, 0.1) is 0 Å². The lowest BCUT2D eigenvalue weighted by Crippen LogP contribution is -2.41. The maximum Gasteiger partial charge on any atom is 0.410 e. The molecule has 5 heteroatoms. The molecule has 1 heterocycles. The molecule has 2 atom stereocenters. The molecule has 0 N–H and O–H groups in total. The first kappa shape index (κ1) is 15.2. The predicted octanol–water partition coefficient (Wildman–Crippen LogP) is 2.29. The average molecular weight is 260 g/mol. The third kappa shape index (κ3) is 4.80. The molecule has 4 nitrogen and oxygen atoms in total. The molecule has 106 valence electrons. The van der Waals surface area contributed by atoms with Crippen molar-refractivity contribution in [2.45, 2.75) is 51.4 Å². The number of nitrogens with zero attached hydrogens (tertiary/aromatic N) is 2. The van der Waals surface area contributed by atoms with Crippen LogP contribution in [0.15, 0.2) is 0 Å². The molecule has 0 saturated carbocycles. The SMILES string of the molecule is CN1CCC(N(C)C(=O)OC(C)(C)C)CC(F)C1. The Kier molecular flexibility index (Phi) is 4.96. The van der Waals surface area contributed by atoms with Crippen LogP contribution in [0.3, 0.4) is 0 Å². The van der Waals surface area contributed by atoms with Crippen LogP contribution in [0.25, 0.3) is 0 Å². The van der Waals surface area contributed by atoms with E-state index in [4.69, 9.17) is 4.74 Å². The second-order valence-electron chi connectivity index (χ2n) is 6.13. The monoisotopic (exact) mass is 260 g/mol. The van der Waals surface area contributed by atoms with E-state index in [1.807, 2.05) is 32.7 Å². The summed E-state index contributed by atoms with van der Waals surface area (Å²) in [5, 5.41) is 0. The van der Waals surface area contributed by atoms with Gasteiger partial charge in [0.25, 0.3) is 0 Å². The van der Waals surface area contributed by atoms with E-state index in [0.717, 1.165) is 13.0 Å². The van der Waals surface area contributed by atoms with E-state index in [1.54, 1.807) is 7.05 Å². The molecular weight excluding hydrogens is 235 g/mol. The van der Waals surface area contributed by atoms with Crippen molar-refractivity contribution in [1.29, 1.82) is 0 Å². The van der Waals surface area contributed by atoms with E-state index in [1.165, 1.54) is 4.90 Å². The highest BCUT2D eigenvalue weighted by Gasteiger charge is 2.29. The number of amides is 1. The molecule has 1 saturated heterocycles. The second kappa shape index (κ2) is 5.87. The van der Waals surface area contributed by atoms with Crippen molar-refractivity contribution < 1.29 is 13.9 Å². The van der Waals surface area contributed by atoms with Gasteiger partial charge >= 0.3 is 6.09 Å². The lowest BCUT2D eigenvalue weighted by Gasteiger charge is -2.30. The van der Waals surface area contributed by atoms with Gasteiger partial charge in [0, 0.05) is 26.1 Å². The van der Waals surface area contributed by atoms with Crippen LogP contribution in [0.1, 0.15) is 33.6 Å². The van der Waals surface area contributed by atoms with Gasteiger partial charge in [0.2, 0.25) is 0 Å². The molecule has 0 spiro atoms. The van der Waals surface area contributed by atoms with Crippen LogP contribution in [-0.2, 0) is 4.74 Å². The number of alkyl halides is 1. The summed E-state index contributed by atoms with van der Waals surface area (Å²) in [4.78, 5) is 15.4. The minimum atomic E-state index is -0.882. The van der Waals surface area contributed by atoms with E-state index in [2.05, 4.69) is 0 Å². The van der Waals surface area contributed by atoms with Crippen LogP contribution in [-0.4, -0.2) is 60.9 Å². The fourth-order valence-corrected chi connectivity index (χ4v) is 2.12. The molecule has 0 aromatic carbocycles. The normalized spacial score (nSPS) is 26.6. The first-order valence-corrected chi connectivity index (χ1v) is 6.47. The van der Waals surface area contributed by atoms with Gasteiger partial charge < -0.3 is 14.5 Å². The van der Waals surface area contributed by atoms with Gasteiger partial charge in [-0.05, 0) is 40.8 Å². The maximum absolute atomic E-state index is 13.7. The first-order chi connectivity index (χ1) is 8.19. The Hall–Kier alpha value is -0.840. The van der Waals surface area contributed by atoms with Crippen LogP contribution in [0.2, 0.25) is 0 Å². The number of rotatable bonds is 1. The van der Waals surface area contributed by atoms with Gasteiger partial charge in [0.1, 0.15) is 11.8 Å². The molecule has 1 amide bonds. The number of carbonyl (C=O) groups is 1. The summed E-state index contributed by atoms with van der Waals surface area (Å²) in [5.41, 5.74) is -0.512. The Morgan fingerprint density at radius 1 is 1.44 bits per heavy atom. The minimum absolute atomic E-state index is 0.0835. The Bertz CT molecular complexity index is 291. The number of likely N-dealkylation sites (tertiary alicyclic amines) is 1. The summed E-state index contributed by atoms with van der Waals surface area (Å²) < 4.78 is 19.0. The molecule has 1 rings (SSSR count). The smallest absolute Gasteiger partial charge is 0.410 e. The van der Waals surface area contributed by atoms with Gasteiger partial charge in [0.05, 0.1) is 0 Å². The van der Waals surface area contributed by atoms with Crippen molar-refractivity contribution in [2.24, 2.45) is 0 Å². The first-order valence-electron chi connectivity index (χ1n) is 6.47. The largest absolute Gasteiger partial charge is 0.444 e. The van der Waals surface area contributed by atoms with Crippen LogP contribution in [0.5, 0.6) is 0 Å². The topological polar surface area (TPSA) is 32.8 Å². The van der Waals surface area contributed by atoms with E-state index >= 15 is 0 Å². The third-order valence-corrected chi connectivity index (χ3v) is 3.11. The molecule has 18 heavy (non-hydrogen) atoms. The van der Waals surface area contributed by atoms with Gasteiger partial charge in [-0.1, -0.05) is 0 Å². The van der Waals surface area contributed by atoms with Gasteiger partial charge in [-0.15, -0.1) is 0 Å². The molecule has 1 aliphatic heterocycles. The standard InChI is InChI=1S/C13H25FN2O2/c1-13(2,3)18-12(17)16(5)11-6-7-15(4)9-10(14)8-11/h10-11H,6-9H2,1-5H3. The fraction of sp³-hybridized carbons (Fsp3) is 0.923. The Morgan fingerprint density at radius 3 is 2.61 bits per heavy atom. The predicted molar refractivity (Wildman–Crippen MR) is 69.4 cm³/mol. The molecule has 0 aromatic rings. The number of ether oxygens (including phenoxy) is 1. The van der Waals surface area contributed by atoms with E-state index < -0.39 is 11.8 Å². The minimum Gasteiger partial charge on any atom is -0.444 e. The maximum atomic E-state index is 13.7. The van der Waals surface area contributed by atoms with Crippen molar-refractivity contribution in [3.8, 4) is 0 Å². The number of hydrogen-bond acceptors (Lipinski definition) is 3. The zero-order valence-electron chi connectivity index (χ0n) is 12.1. The van der Waals surface area contributed by atoms with Crippen LogP contribution >= 0.6 is 0 Å². The molecule has 1 fully saturated rings. The lowest BCUT2D eigenvalue weighted by molar-refractivity contribution is 0.0197. The zero-order valence-corrected chi connectivity index (χ0v) is 12.1. The molecule has 0 radical (unpaired) electrons. The number of hydrogen-bond donors (Lipinski definition) is 0. The van der Waals surface area contributed by atoms with Gasteiger partial charge in [0.15, 0.2) is 0 Å². The summed E-state index contributed by atoms with van der Waals surface area (Å²) in [7, 11) is 3.60. The summed E-state index contributed by atoms with van der Waals surface area (Å²) >= 11 is 0. The van der Waals surface area contributed by atoms with Crippen molar-refractivity contribution in [3.63, 3.8) is 0 Å². The van der Waals surface area contributed by atoms with Crippen LogP contribution < -0.4 is 0 Å². The number of halogens is 1. The van der Waals surface area contributed by atoms with Crippen molar-refractivity contribution >= 4 is 6.09 Å². The molecule has 0 aromatic heterocycles. The van der Waals surface area contributed by atoms with E-state index in [-0.39, 0.29) is 12.1 Å². The Balaban J connectivity index is 2.59. The van der Waals surface area contributed by atoms with Crippen molar-refractivity contribution in [2.75, 3.05) is 27.2 Å². The van der Waals surface area contributed by atoms with Crippen molar-refractivity contribution in [1.82, 2.24) is 9.80 Å². The molecule has 0 bridgehead atoms. The molecule has 2 unspecified atom stereocenters. The second-order valence-corrected chi connectivity index (χ2v) is 6.13. The third-order valence-electron chi connectivity index (χ3n) is 3.11. The number of carbonyl (C=O) groups excluding carboxylic acids is 1. The van der Waals surface area contributed by atoms with E-state index in [9.17, 15) is 9.18 Å². The summed E-state index contributed by atoms with van der Waals surface area (Å²) in [5.74, 6) is 0. The quantitative estimate of drug-likeness (QED) is 0.725. The molecule has 1 aliphatic rings. The highest BCUT2D eigenvalue weighted by atomic mass is 19.1. The highest BCUT2D eigenvalue weighted by Crippen LogP contribution is 2.19. The Labute approximate surface area is 109 Å². The molecule has 0 aliphatic carbocycles. The zero-order chi connectivity index (χ0) is 13.9. The Morgan fingerprint density at radius 2 is 2.06 bits per heavy atom. The highest BCUT2D eigenvalue weighted by molar-refractivity contribution is 5.68. The van der Waals surface area contributed by atoms with Gasteiger partial charge in [-0.2, -0.15) is 0 Å². The van der Waals surface area contributed by atoms with Crippen molar-refractivity contribution in [3.05, 3.63) is 0 Å². The summed E-state index contributed by atoms with van der Waals surface area (Å²) in [6, 6.07) is -0.0835. The van der Waals surface area contributed by atoms with Gasteiger partial charge in [-0.25, -0.2) is 9.18 Å². The van der Waals surface area contributed by atoms with Gasteiger partial charge in [-0.3, -0.25) is 0 Å². The average Bonchev–Trinajstić information content (AvgIpc) is 2.35. The summed E-state index contributed by atoms with van der Waals surface area (Å²) in [6.07, 6.45) is -0.0798. The lowest BCUT2D eigenvalue weighted by atomic mass is 10.1. The fourth-order valence-electron chi connectivity index (χ4n) is 2.12. The molecular formula is C13H25FN2O2. The van der Waals surface area contributed by atoms with E-state index in [0.29, 0.717) is 13.0 Å².